The highest BCUT2D eigenvalue weighted by atomic mass is 19.4. The zero-order chi connectivity index (χ0) is 15.6. The Morgan fingerprint density at radius 1 is 1.10 bits per heavy atom. The first-order valence-electron chi connectivity index (χ1n) is 7.38. The van der Waals surface area contributed by atoms with Crippen molar-refractivity contribution in [2.45, 2.75) is 57.2 Å². The Morgan fingerprint density at radius 2 is 1.71 bits per heavy atom. The van der Waals surface area contributed by atoms with Crippen molar-refractivity contribution in [1.82, 2.24) is 4.90 Å². The van der Waals surface area contributed by atoms with E-state index in [1.165, 1.54) is 4.90 Å². The third-order valence-corrected chi connectivity index (χ3v) is 4.63. The molecule has 0 aromatic heterocycles. The van der Waals surface area contributed by atoms with Gasteiger partial charge in [-0.25, -0.2) is 4.79 Å². The van der Waals surface area contributed by atoms with Crippen LogP contribution in [0.2, 0.25) is 0 Å². The molecule has 120 valence electrons. The number of carbonyl (C=O) groups is 2. The molecular weight excluding hydrogens is 287 g/mol. The van der Waals surface area contributed by atoms with Crippen LogP contribution in [-0.2, 0) is 9.59 Å². The lowest BCUT2D eigenvalue weighted by atomic mass is 9.80. The molecule has 1 saturated carbocycles. The van der Waals surface area contributed by atoms with Crippen molar-refractivity contribution >= 4 is 11.9 Å². The molecule has 0 unspecified atom stereocenters. The number of carboxylic acid groups (broad SMARTS) is 1. The molecule has 4 nitrogen and oxygen atoms in total. The fourth-order valence-electron chi connectivity index (χ4n) is 3.38. The third-order valence-electron chi connectivity index (χ3n) is 4.63. The molecule has 0 spiro atoms. The minimum absolute atomic E-state index is 0.0499. The van der Waals surface area contributed by atoms with Crippen LogP contribution in [0.5, 0.6) is 0 Å². The summed E-state index contributed by atoms with van der Waals surface area (Å²) in [6.07, 6.45) is -1.91. The minimum atomic E-state index is -4.14. The maximum atomic E-state index is 12.6. The van der Waals surface area contributed by atoms with Gasteiger partial charge in [0, 0.05) is 13.0 Å². The van der Waals surface area contributed by atoms with Crippen molar-refractivity contribution in [2.75, 3.05) is 6.54 Å². The van der Waals surface area contributed by atoms with Crippen LogP contribution in [0.15, 0.2) is 0 Å². The lowest BCUT2D eigenvalue weighted by molar-refractivity contribution is -0.184. The summed E-state index contributed by atoms with van der Waals surface area (Å²) < 4.78 is 37.7. The summed E-state index contributed by atoms with van der Waals surface area (Å²) in [6.45, 7) is 0.438. The molecular formula is C14H20F3NO3. The Balaban J connectivity index is 1.83. The van der Waals surface area contributed by atoms with Gasteiger partial charge in [0.1, 0.15) is 6.04 Å². The van der Waals surface area contributed by atoms with Crippen molar-refractivity contribution in [3.05, 3.63) is 0 Å². The zero-order valence-corrected chi connectivity index (χ0v) is 11.7. The minimum Gasteiger partial charge on any atom is -0.480 e. The van der Waals surface area contributed by atoms with Crippen LogP contribution in [0, 0.1) is 11.8 Å². The number of carboxylic acids is 1. The van der Waals surface area contributed by atoms with Gasteiger partial charge in [-0.15, -0.1) is 0 Å². The number of rotatable bonds is 3. The monoisotopic (exact) mass is 307 g/mol. The Bertz CT molecular complexity index is 403. The number of nitrogens with zero attached hydrogens (tertiary/aromatic N) is 1. The van der Waals surface area contributed by atoms with E-state index in [2.05, 4.69) is 0 Å². The van der Waals surface area contributed by atoms with E-state index in [-0.39, 0.29) is 31.1 Å². The quantitative estimate of drug-likeness (QED) is 0.872. The van der Waals surface area contributed by atoms with Gasteiger partial charge in [-0.1, -0.05) is 0 Å². The number of amides is 1. The Hall–Kier alpha value is -1.27. The molecule has 1 aliphatic carbocycles. The molecule has 0 bridgehead atoms. The Labute approximate surface area is 121 Å². The van der Waals surface area contributed by atoms with E-state index in [4.69, 9.17) is 5.11 Å². The first kappa shape index (κ1) is 16.1. The van der Waals surface area contributed by atoms with E-state index in [0.717, 1.165) is 0 Å². The molecule has 1 saturated heterocycles. The third kappa shape index (κ3) is 3.89. The van der Waals surface area contributed by atoms with Crippen LogP contribution in [0.3, 0.4) is 0 Å². The Kier molecular flexibility index (Phi) is 4.78. The summed E-state index contributed by atoms with van der Waals surface area (Å²) in [7, 11) is 0. The van der Waals surface area contributed by atoms with Gasteiger partial charge in [0.2, 0.25) is 5.91 Å². The number of hydrogen-bond donors (Lipinski definition) is 1. The second-order valence-corrected chi connectivity index (χ2v) is 6.05. The zero-order valence-electron chi connectivity index (χ0n) is 11.7. The summed E-state index contributed by atoms with van der Waals surface area (Å²) >= 11 is 0. The van der Waals surface area contributed by atoms with E-state index in [0.29, 0.717) is 32.2 Å². The summed E-state index contributed by atoms with van der Waals surface area (Å²) in [5.41, 5.74) is 0. The molecule has 0 aromatic rings. The highest BCUT2D eigenvalue weighted by molar-refractivity contribution is 5.84. The summed E-state index contributed by atoms with van der Waals surface area (Å²) in [5.74, 6) is -2.52. The molecule has 7 heteroatoms. The Morgan fingerprint density at radius 3 is 2.24 bits per heavy atom. The molecule has 2 fully saturated rings. The van der Waals surface area contributed by atoms with Gasteiger partial charge in [0.05, 0.1) is 5.92 Å². The summed E-state index contributed by atoms with van der Waals surface area (Å²) in [5, 5.41) is 9.04. The number of aliphatic carboxylic acids is 1. The van der Waals surface area contributed by atoms with Crippen molar-refractivity contribution < 1.29 is 27.9 Å². The van der Waals surface area contributed by atoms with Crippen molar-refractivity contribution in [2.24, 2.45) is 11.8 Å². The molecule has 1 heterocycles. The average molecular weight is 307 g/mol. The van der Waals surface area contributed by atoms with Gasteiger partial charge in [0.15, 0.2) is 0 Å². The van der Waals surface area contributed by atoms with E-state index in [1.54, 1.807) is 0 Å². The standard InChI is InChI=1S/C14H20F3NO3/c15-14(16,17)10-5-3-9(4-6-10)8-12(19)18-7-1-2-11(18)13(20)21/h9-11H,1-8H2,(H,20,21)/t9?,10?,11-/m0/s1. The predicted molar refractivity (Wildman–Crippen MR) is 68.5 cm³/mol. The lowest BCUT2D eigenvalue weighted by Crippen LogP contribution is -2.41. The fraction of sp³-hybridized carbons (Fsp3) is 0.857. The normalized spacial score (nSPS) is 30.4. The summed E-state index contributed by atoms with van der Waals surface area (Å²) in [4.78, 5) is 24.6. The number of hydrogen-bond acceptors (Lipinski definition) is 2. The molecule has 0 aromatic carbocycles. The second kappa shape index (κ2) is 6.23. The highest BCUT2D eigenvalue weighted by Gasteiger charge is 2.42. The van der Waals surface area contributed by atoms with Crippen molar-refractivity contribution in [1.29, 1.82) is 0 Å². The van der Waals surface area contributed by atoms with E-state index < -0.39 is 24.1 Å². The van der Waals surface area contributed by atoms with E-state index in [1.807, 2.05) is 0 Å². The number of carbonyl (C=O) groups excluding carboxylic acids is 1. The van der Waals surface area contributed by atoms with Crippen LogP contribution >= 0.6 is 0 Å². The topological polar surface area (TPSA) is 57.6 Å². The predicted octanol–water partition coefficient (Wildman–Crippen LogP) is 2.82. The van der Waals surface area contributed by atoms with E-state index in [9.17, 15) is 22.8 Å². The number of alkyl halides is 3. The molecule has 21 heavy (non-hydrogen) atoms. The first-order valence-corrected chi connectivity index (χ1v) is 7.38. The van der Waals surface area contributed by atoms with Gasteiger partial charge in [-0.05, 0) is 44.4 Å². The molecule has 1 N–H and O–H groups in total. The first-order chi connectivity index (χ1) is 9.79. The van der Waals surface area contributed by atoms with Crippen LogP contribution < -0.4 is 0 Å². The molecule has 2 rings (SSSR count). The number of likely N-dealkylation sites (tertiary alicyclic amines) is 1. The van der Waals surface area contributed by atoms with Gasteiger partial charge in [-0.2, -0.15) is 13.2 Å². The van der Waals surface area contributed by atoms with Crippen LogP contribution in [0.1, 0.15) is 44.9 Å². The van der Waals surface area contributed by atoms with Gasteiger partial charge in [-0.3, -0.25) is 4.79 Å². The van der Waals surface area contributed by atoms with Gasteiger partial charge < -0.3 is 10.0 Å². The van der Waals surface area contributed by atoms with Crippen LogP contribution in [0.4, 0.5) is 13.2 Å². The van der Waals surface area contributed by atoms with Crippen LogP contribution in [0.25, 0.3) is 0 Å². The maximum absolute atomic E-state index is 12.6. The summed E-state index contributed by atoms with van der Waals surface area (Å²) in [6, 6.07) is -0.760. The molecule has 1 atom stereocenters. The van der Waals surface area contributed by atoms with Crippen molar-refractivity contribution in [3.63, 3.8) is 0 Å². The molecule has 1 aliphatic heterocycles. The van der Waals surface area contributed by atoms with Gasteiger partial charge in [0.25, 0.3) is 0 Å². The number of halogens is 3. The highest BCUT2D eigenvalue weighted by Crippen LogP contribution is 2.40. The van der Waals surface area contributed by atoms with Crippen LogP contribution in [-0.4, -0.2) is 40.6 Å². The smallest absolute Gasteiger partial charge is 0.391 e. The largest absolute Gasteiger partial charge is 0.480 e. The average Bonchev–Trinajstić information content (AvgIpc) is 2.87. The molecule has 1 amide bonds. The maximum Gasteiger partial charge on any atom is 0.391 e. The molecule has 0 radical (unpaired) electrons. The SMILES string of the molecule is O=C(O)[C@@H]1CCCN1C(=O)CC1CCC(C(F)(F)F)CC1. The van der Waals surface area contributed by atoms with Gasteiger partial charge >= 0.3 is 12.1 Å². The van der Waals surface area contributed by atoms with Crippen molar-refractivity contribution in [3.8, 4) is 0 Å². The van der Waals surface area contributed by atoms with E-state index >= 15 is 0 Å². The second-order valence-electron chi connectivity index (χ2n) is 6.05. The fourth-order valence-corrected chi connectivity index (χ4v) is 3.38. The lowest BCUT2D eigenvalue weighted by Gasteiger charge is -2.31. The molecule has 2 aliphatic rings.